The predicted molar refractivity (Wildman–Crippen MR) is 96.5 cm³/mol. The van der Waals surface area contributed by atoms with Crippen LogP contribution in [0.15, 0.2) is 39.3 Å². The van der Waals surface area contributed by atoms with Gasteiger partial charge in [-0.25, -0.2) is 0 Å². The molecule has 0 atom stereocenters. The maximum Gasteiger partial charge on any atom is 0.307 e. The lowest BCUT2D eigenvalue weighted by Gasteiger charge is -2.14. The van der Waals surface area contributed by atoms with E-state index in [1.54, 1.807) is 5.38 Å². The van der Waals surface area contributed by atoms with Crippen LogP contribution in [0.5, 0.6) is 0 Å². The Bertz CT molecular complexity index is 745. The van der Waals surface area contributed by atoms with Crippen LogP contribution in [0, 0.1) is 6.92 Å². The first-order valence-electron chi connectivity index (χ1n) is 7.84. The molecule has 3 rings (SSSR count). The molecule has 1 amide bonds. The van der Waals surface area contributed by atoms with Gasteiger partial charge < -0.3 is 5.32 Å². The van der Waals surface area contributed by atoms with Crippen LogP contribution in [-0.4, -0.2) is 15.7 Å². The molecular weight excluding hydrogens is 328 g/mol. The summed E-state index contributed by atoms with van der Waals surface area (Å²) in [5.74, 6) is -0.159. The molecule has 0 bridgehead atoms. The minimum atomic E-state index is -0.159. The molecule has 1 saturated carbocycles. The number of aryl methyl sites for hydroxylation is 1. The van der Waals surface area contributed by atoms with Crippen molar-refractivity contribution in [2.45, 2.75) is 49.3 Å². The number of hydrogen-bond acceptors (Lipinski definition) is 4. The van der Waals surface area contributed by atoms with Gasteiger partial charge in [0.15, 0.2) is 0 Å². The van der Waals surface area contributed by atoms with E-state index in [2.05, 4.69) is 11.4 Å². The van der Waals surface area contributed by atoms with E-state index < -0.39 is 0 Å². The smallest absolute Gasteiger partial charge is 0.307 e. The number of para-hydroxylation sites is 1. The molecule has 1 heterocycles. The number of rotatable bonds is 5. The highest BCUT2D eigenvalue weighted by Gasteiger charge is 2.18. The third-order valence-corrected chi connectivity index (χ3v) is 6.33. The van der Waals surface area contributed by atoms with Crippen LogP contribution in [-0.2, 0) is 11.3 Å². The topological polar surface area (TPSA) is 51.1 Å². The Morgan fingerprint density at radius 3 is 2.78 bits per heavy atom. The normalized spacial score (nSPS) is 15.0. The third kappa shape index (κ3) is 4.06. The van der Waals surface area contributed by atoms with Crippen LogP contribution in [0.25, 0.3) is 0 Å². The maximum absolute atomic E-state index is 12.3. The number of hydrogen-bond donors (Lipinski definition) is 1. The summed E-state index contributed by atoms with van der Waals surface area (Å²) in [6.07, 6.45) is 5.09. The fourth-order valence-corrected chi connectivity index (χ4v) is 4.85. The standard InChI is InChI=1S/C17H20N2O2S2/c1-12-11-22-17(21)19(12)10-16(20)18-14-8-4-5-9-15(14)23-13-6-2-3-7-13/h4-5,8-9,11,13H,2-3,6-7,10H2,1H3,(H,18,20). The highest BCUT2D eigenvalue weighted by molar-refractivity contribution is 8.00. The average Bonchev–Trinajstić information content (AvgIpc) is 3.14. The number of nitrogens with zero attached hydrogens (tertiary/aromatic N) is 1. The van der Waals surface area contributed by atoms with Crippen LogP contribution in [0.2, 0.25) is 0 Å². The number of benzene rings is 1. The van der Waals surface area contributed by atoms with Crippen molar-refractivity contribution in [2.75, 3.05) is 5.32 Å². The molecule has 0 aliphatic heterocycles. The largest absolute Gasteiger partial charge is 0.324 e. The summed E-state index contributed by atoms with van der Waals surface area (Å²) in [7, 11) is 0. The van der Waals surface area contributed by atoms with Gasteiger partial charge in [0.1, 0.15) is 6.54 Å². The lowest BCUT2D eigenvalue weighted by Crippen LogP contribution is -2.25. The second-order valence-electron chi connectivity index (χ2n) is 5.80. The Hall–Kier alpha value is -1.53. The molecule has 1 aromatic heterocycles. The van der Waals surface area contributed by atoms with Gasteiger partial charge >= 0.3 is 4.87 Å². The minimum Gasteiger partial charge on any atom is -0.324 e. The summed E-state index contributed by atoms with van der Waals surface area (Å²) < 4.78 is 1.51. The fourth-order valence-electron chi connectivity index (χ4n) is 2.79. The van der Waals surface area contributed by atoms with Crippen LogP contribution in [0.4, 0.5) is 5.69 Å². The molecule has 6 heteroatoms. The van der Waals surface area contributed by atoms with E-state index >= 15 is 0 Å². The first kappa shape index (κ1) is 16.3. The third-order valence-electron chi connectivity index (χ3n) is 4.04. The molecule has 1 aliphatic rings. The molecule has 0 spiro atoms. The van der Waals surface area contributed by atoms with E-state index in [1.165, 1.54) is 30.3 Å². The van der Waals surface area contributed by atoms with Gasteiger partial charge in [-0.1, -0.05) is 36.3 Å². The molecular formula is C17H20N2O2S2. The van der Waals surface area contributed by atoms with Gasteiger partial charge in [-0.3, -0.25) is 14.2 Å². The molecule has 1 fully saturated rings. The summed E-state index contributed by atoms with van der Waals surface area (Å²) in [4.78, 5) is 25.0. The highest BCUT2D eigenvalue weighted by atomic mass is 32.2. The van der Waals surface area contributed by atoms with Crippen molar-refractivity contribution in [1.29, 1.82) is 0 Å². The molecule has 0 saturated heterocycles. The van der Waals surface area contributed by atoms with Crippen molar-refractivity contribution >= 4 is 34.7 Å². The van der Waals surface area contributed by atoms with E-state index in [0.29, 0.717) is 5.25 Å². The van der Waals surface area contributed by atoms with Crippen LogP contribution in [0.1, 0.15) is 31.4 Å². The van der Waals surface area contributed by atoms with Gasteiger partial charge in [0, 0.05) is 21.2 Å². The molecule has 23 heavy (non-hydrogen) atoms. The molecule has 1 aromatic carbocycles. The zero-order valence-corrected chi connectivity index (χ0v) is 14.7. The second kappa shape index (κ2) is 7.36. The monoisotopic (exact) mass is 348 g/mol. The van der Waals surface area contributed by atoms with E-state index in [9.17, 15) is 9.59 Å². The number of carbonyl (C=O) groups excluding carboxylic acids is 1. The van der Waals surface area contributed by atoms with Crippen LogP contribution < -0.4 is 10.2 Å². The molecule has 122 valence electrons. The van der Waals surface area contributed by atoms with Crippen molar-refractivity contribution in [3.05, 3.63) is 45.0 Å². The van der Waals surface area contributed by atoms with Crippen LogP contribution in [0.3, 0.4) is 0 Å². The Labute approximate surface area is 143 Å². The van der Waals surface area contributed by atoms with Crippen molar-refractivity contribution in [3.8, 4) is 0 Å². The zero-order chi connectivity index (χ0) is 16.2. The Morgan fingerprint density at radius 2 is 2.09 bits per heavy atom. The van der Waals surface area contributed by atoms with Crippen LogP contribution >= 0.6 is 23.1 Å². The molecule has 1 N–H and O–H groups in total. The summed E-state index contributed by atoms with van der Waals surface area (Å²) >= 11 is 2.98. The number of anilines is 1. The summed E-state index contributed by atoms with van der Waals surface area (Å²) in [5.41, 5.74) is 1.67. The first-order valence-corrected chi connectivity index (χ1v) is 9.60. The van der Waals surface area contributed by atoms with Gasteiger partial charge in [-0.15, -0.1) is 11.8 Å². The molecule has 0 radical (unpaired) electrons. The Balaban J connectivity index is 1.69. The summed E-state index contributed by atoms with van der Waals surface area (Å²) in [6, 6.07) is 7.91. The van der Waals surface area contributed by atoms with Crippen molar-refractivity contribution in [3.63, 3.8) is 0 Å². The molecule has 2 aromatic rings. The number of nitrogens with one attached hydrogen (secondary N) is 1. The minimum absolute atomic E-state index is 0.0661. The van der Waals surface area contributed by atoms with E-state index in [0.717, 1.165) is 27.6 Å². The summed E-state index contributed by atoms with van der Waals surface area (Å²) in [6.45, 7) is 1.91. The van der Waals surface area contributed by atoms with Gasteiger partial charge in [-0.05, 0) is 31.9 Å². The number of thiazole rings is 1. The number of carbonyl (C=O) groups is 1. The predicted octanol–water partition coefficient (Wildman–Crippen LogP) is 3.89. The van der Waals surface area contributed by atoms with E-state index in [1.807, 2.05) is 36.9 Å². The molecule has 1 aliphatic carbocycles. The van der Waals surface area contributed by atoms with Gasteiger partial charge in [-0.2, -0.15) is 0 Å². The van der Waals surface area contributed by atoms with Crippen molar-refractivity contribution in [1.82, 2.24) is 4.57 Å². The van der Waals surface area contributed by atoms with Gasteiger partial charge in [0.05, 0.1) is 5.69 Å². The SMILES string of the molecule is Cc1csc(=O)n1CC(=O)Nc1ccccc1SC1CCCC1. The lowest BCUT2D eigenvalue weighted by atomic mass is 10.3. The molecule has 4 nitrogen and oxygen atoms in total. The molecule has 0 unspecified atom stereocenters. The van der Waals surface area contributed by atoms with Crippen molar-refractivity contribution < 1.29 is 4.79 Å². The first-order chi connectivity index (χ1) is 11.1. The van der Waals surface area contributed by atoms with Gasteiger partial charge in [0.2, 0.25) is 5.91 Å². The fraction of sp³-hybridized carbons (Fsp3) is 0.412. The Morgan fingerprint density at radius 1 is 1.35 bits per heavy atom. The Kier molecular flexibility index (Phi) is 5.23. The van der Waals surface area contributed by atoms with E-state index in [-0.39, 0.29) is 17.3 Å². The number of amides is 1. The zero-order valence-electron chi connectivity index (χ0n) is 13.1. The van der Waals surface area contributed by atoms with Crippen molar-refractivity contribution in [2.24, 2.45) is 0 Å². The van der Waals surface area contributed by atoms with Gasteiger partial charge in [0.25, 0.3) is 0 Å². The lowest BCUT2D eigenvalue weighted by molar-refractivity contribution is -0.116. The summed E-state index contributed by atoms with van der Waals surface area (Å²) in [5, 5.41) is 5.39. The highest BCUT2D eigenvalue weighted by Crippen LogP contribution is 2.37. The average molecular weight is 348 g/mol. The second-order valence-corrected chi connectivity index (χ2v) is 7.96. The number of thioether (sulfide) groups is 1. The van der Waals surface area contributed by atoms with E-state index in [4.69, 9.17) is 0 Å². The number of aromatic nitrogens is 1. The maximum atomic E-state index is 12.3. The quantitative estimate of drug-likeness (QED) is 0.892.